The summed E-state index contributed by atoms with van der Waals surface area (Å²) >= 11 is 0. The van der Waals surface area contributed by atoms with Gasteiger partial charge in [-0.1, -0.05) is 0 Å². The molecule has 164 valence electrons. The van der Waals surface area contributed by atoms with Crippen molar-refractivity contribution in [3.05, 3.63) is 0 Å². The van der Waals surface area contributed by atoms with Crippen molar-refractivity contribution in [2.45, 2.75) is 32.1 Å². The Morgan fingerprint density at radius 2 is 0.852 bits per heavy atom. The second kappa shape index (κ2) is 20.4. The van der Waals surface area contributed by atoms with Crippen molar-refractivity contribution in [1.82, 2.24) is 0 Å². The van der Waals surface area contributed by atoms with E-state index in [0.717, 1.165) is 12.8 Å². The first kappa shape index (κ1) is 26.7. The van der Waals surface area contributed by atoms with Crippen LogP contribution in [-0.2, 0) is 23.7 Å². The van der Waals surface area contributed by atoms with E-state index in [1.54, 1.807) is 7.11 Å². The fraction of sp³-hybridized carbons (Fsp3) is 1.00. The third-order valence-corrected chi connectivity index (χ3v) is 3.86. The molecule has 3 N–H and O–H groups in total. The van der Waals surface area contributed by atoms with Crippen LogP contribution in [0.2, 0.25) is 0 Å². The minimum Gasteiger partial charge on any atom is -0.396 e. The Kier molecular flexibility index (Phi) is 20.2. The van der Waals surface area contributed by atoms with Crippen molar-refractivity contribution in [2.24, 2.45) is 5.41 Å². The van der Waals surface area contributed by atoms with Crippen molar-refractivity contribution in [2.75, 3.05) is 86.4 Å². The van der Waals surface area contributed by atoms with E-state index in [0.29, 0.717) is 78.7 Å². The third-order valence-electron chi connectivity index (χ3n) is 3.86. The summed E-state index contributed by atoms with van der Waals surface area (Å²) in [5, 5.41) is 26.8. The van der Waals surface area contributed by atoms with E-state index in [-0.39, 0.29) is 19.8 Å². The van der Waals surface area contributed by atoms with Gasteiger partial charge in [0.25, 0.3) is 0 Å². The van der Waals surface area contributed by atoms with Crippen LogP contribution >= 0.6 is 0 Å². The lowest BCUT2D eigenvalue weighted by molar-refractivity contribution is -0.109. The highest BCUT2D eigenvalue weighted by atomic mass is 16.5. The van der Waals surface area contributed by atoms with Crippen molar-refractivity contribution >= 4 is 0 Å². The Morgan fingerprint density at radius 3 is 1.19 bits per heavy atom. The van der Waals surface area contributed by atoms with Crippen molar-refractivity contribution in [3.8, 4) is 0 Å². The summed E-state index contributed by atoms with van der Waals surface area (Å²) in [5.41, 5.74) is -0.471. The van der Waals surface area contributed by atoms with E-state index in [2.05, 4.69) is 0 Å². The zero-order chi connectivity index (χ0) is 20.1. The predicted octanol–water partition coefficient (Wildman–Crippen LogP) is 0.613. The largest absolute Gasteiger partial charge is 0.396 e. The van der Waals surface area contributed by atoms with E-state index in [4.69, 9.17) is 39.0 Å². The second-order valence-electron chi connectivity index (χ2n) is 6.64. The number of hydrogen-bond donors (Lipinski definition) is 3. The first-order chi connectivity index (χ1) is 13.2. The number of ether oxygens (including phenoxy) is 5. The Balaban J connectivity index is 4.61. The minimum absolute atomic E-state index is 0.0863. The van der Waals surface area contributed by atoms with Crippen LogP contribution in [0.25, 0.3) is 0 Å². The molecule has 0 aromatic carbocycles. The molecule has 0 saturated heterocycles. The summed E-state index contributed by atoms with van der Waals surface area (Å²) in [6.07, 6.45) is 3.57. The zero-order valence-electron chi connectivity index (χ0n) is 16.9. The number of rotatable bonds is 22. The summed E-state index contributed by atoms with van der Waals surface area (Å²) in [6, 6.07) is 0. The molecule has 0 aliphatic carbocycles. The van der Waals surface area contributed by atoms with E-state index in [9.17, 15) is 0 Å². The molecule has 0 bridgehead atoms. The van der Waals surface area contributed by atoms with Gasteiger partial charge in [-0.2, -0.15) is 0 Å². The summed E-state index contributed by atoms with van der Waals surface area (Å²) in [6.45, 7) is 4.57. The van der Waals surface area contributed by atoms with Crippen LogP contribution in [0.3, 0.4) is 0 Å². The average molecular weight is 397 g/mol. The van der Waals surface area contributed by atoms with E-state index >= 15 is 0 Å². The van der Waals surface area contributed by atoms with Crippen LogP contribution in [0.4, 0.5) is 0 Å². The number of aliphatic hydroxyl groups is 3. The minimum atomic E-state index is -0.471. The number of aliphatic hydroxyl groups excluding tert-OH is 3. The normalized spacial score (nSPS) is 12.0. The van der Waals surface area contributed by atoms with Gasteiger partial charge in [0.2, 0.25) is 0 Å². The molecule has 0 aromatic rings. The highest BCUT2D eigenvalue weighted by molar-refractivity contribution is 4.79. The van der Waals surface area contributed by atoms with E-state index in [1.807, 2.05) is 0 Å². The maximum Gasteiger partial charge on any atom is 0.0637 e. The summed E-state index contributed by atoms with van der Waals surface area (Å²) in [4.78, 5) is 0. The fourth-order valence-electron chi connectivity index (χ4n) is 2.36. The monoisotopic (exact) mass is 396 g/mol. The van der Waals surface area contributed by atoms with Crippen LogP contribution in [0, 0.1) is 5.41 Å². The zero-order valence-corrected chi connectivity index (χ0v) is 16.9. The van der Waals surface area contributed by atoms with Crippen LogP contribution in [0.1, 0.15) is 32.1 Å². The molecule has 0 spiro atoms. The topological polar surface area (TPSA) is 107 Å². The lowest BCUT2D eigenvalue weighted by atomic mass is 9.92. The van der Waals surface area contributed by atoms with Gasteiger partial charge in [-0.3, -0.25) is 0 Å². The molecular weight excluding hydrogens is 356 g/mol. The van der Waals surface area contributed by atoms with Gasteiger partial charge in [0, 0.05) is 60.0 Å². The number of unbranched alkanes of at least 4 members (excludes halogenated alkanes) is 1. The second-order valence-corrected chi connectivity index (χ2v) is 6.64. The smallest absolute Gasteiger partial charge is 0.0637 e. The van der Waals surface area contributed by atoms with Gasteiger partial charge in [0.15, 0.2) is 0 Å². The maximum atomic E-state index is 8.93. The average Bonchev–Trinajstić information content (AvgIpc) is 2.68. The van der Waals surface area contributed by atoms with E-state index < -0.39 is 5.41 Å². The van der Waals surface area contributed by atoms with Crippen molar-refractivity contribution < 1.29 is 39.0 Å². The van der Waals surface area contributed by atoms with Gasteiger partial charge in [0.05, 0.1) is 31.8 Å². The summed E-state index contributed by atoms with van der Waals surface area (Å²) in [5.74, 6) is 0. The Labute approximate surface area is 163 Å². The van der Waals surface area contributed by atoms with Crippen LogP contribution in [0.5, 0.6) is 0 Å². The molecule has 8 heteroatoms. The van der Waals surface area contributed by atoms with Crippen molar-refractivity contribution in [3.63, 3.8) is 0 Å². The van der Waals surface area contributed by atoms with E-state index in [1.165, 1.54) is 0 Å². The first-order valence-electron chi connectivity index (χ1n) is 9.87. The standard InChI is InChI=1S/C19H40O8/c1-23-10-2-3-11-24-15-19(16-25-12-4-7-20,17-26-13-5-8-21)18-27-14-6-9-22/h20-22H,2-18H2,1H3. The molecule has 0 aromatic heterocycles. The molecule has 0 rings (SSSR count). The molecule has 8 nitrogen and oxygen atoms in total. The first-order valence-corrected chi connectivity index (χ1v) is 9.87. The SMILES string of the molecule is COCCCCOCC(COCCCO)(COCCCO)COCCCO. The molecule has 0 heterocycles. The molecule has 27 heavy (non-hydrogen) atoms. The Hall–Kier alpha value is -0.320. The molecule has 0 unspecified atom stereocenters. The van der Waals surface area contributed by atoms with Gasteiger partial charge in [-0.25, -0.2) is 0 Å². The lowest BCUT2D eigenvalue weighted by Gasteiger charge is -2.33. The van der Waals surface area contributed by atoms with Gasteiger partial charge in [-0.05, 0) is 32.1 Å². The quantitative estimate of drug-likeness (QED) is 0.229. The van der Waals surface area contributed by atoms with Gasteiger partial charge >= 0.3 is 0 Å². The molecule has 0 fully saturated rings. The highest BCUT2D eigenvalue weighted by Crippen LogP contribution is 2.21. The summed E-state index contributed by atoms with van der Waals surface area (Å²) < 4.78 is 28.1. The molecule has 0 atom stereocenters. The Bertz CT molecular complexity index is 260. The Morgan fingerprint density at radius 1 is 0.519 bits per heavy atom. The molecule has 0 aliphatic rings. The molecule has 0 radical (unpaired) electrons. The van der Waals surface area contributed by atoms with Gasteiger partial charge in [-0.15, -0.1) is 0 Å². The molecule has 0 saturated carbocycles. The highest BCUT2D eigenvalue weighted by Gasteiger charge is 2.32. The molecular formula is C19H40O8. The number of hydrogen-bond acceptors (Lipinski definition) is 8. The predicted molar refractivity (Wildman–Crippen MR) is 102 cm³/mol. The third kappa shape index (κ3) is 16.3. The molecule has 0 aliphatic heterocycles. The maximum absolute atomic E-state index is 8.93. The van der Waals surface area contributed by atoms with Gasteiger partial charge in [0.1, 0.15) is 0 Å². The van der Waals surface area contributed by atoms with Crippen LogP contribution in [-0.4, -0.2) is 102 Å². The fourth-order valence-corrected chi connectivity index (χ4v) is 2.36. The number of methoxy groups -OCH3 is 1. The summed E-state index contributed by atoms with van der Waals surface area (Å²) in [7, 11) is 1.68. The molecule has 0 amide bonds. The van der Waals surface area contributed by atoms with Crippen molar-refractivity contribution in [1.29, 1.82) is 0 Å². The van der Waals surface area contributed by atoms with Crippen LogP contribution < -0.4 is 0 Å². The van der Waals surface area contributed by atoms with Gasteiger partial charge < -0.3 is 39.0 Å². The lowest BCUT2D eigenvalue weighted by Crippen LogP contribution is -2.42. The van der Waals surface area contributed by atoms with Crippen LogP contribution in [0.15, 0.2) is 0 Å².